The average Bonchev–Trinajstić information content (AvgIpc) is 2.79. The first-order valence-corrected chi connectivity index (χ1v) is 7.36. The number of aromatic nitrogens is 2. The smallest absolute Gasteiger partial charge is 0.256 e. The number of amides is 1. The standard InChI is InChI=1S/C15H16ClF2N3O2/c1-3-10-13(14(16)21(2)20-10)15(23)19-7-11(22)12-8(17)5-4-6-9(12)18/h4-6,11,22H,3,7H2,1-2H3,(H,19,23). The number of aliphatic hydroxyl groups is 1. The molecule has 5 nitrogen and oxygen atoms in total. The Bertz CT molecular complexity index is 714. The van der Waals surface area contributed by atoms with Crippen LogP contribution in [0.15, 0.2) is 18.2 Å². The summed E-state index contributed by atoms with van der Waals surface area (Å²) in [5.74, 6) is -2.31. The van der Waals surface area contributed by atoms with E-state index < -0.39 is 29.2 Å². The van der Waals surface area contributed by atoms with Crippen molar-refractivity contribution in [2.45, 2.75) is 19.4 Å². The highest BCUT2D eigenvalue weighted by atomic mass is 35.5. The molecular weight excluding hydrogens is 328 g/mol. The van der Waals surface area contributed by atoms with Gasteiger partial charge in [-0.15, -0.1) is 0 Å². The van der Waals surface area contributed by atoms with Crippen LogP contribution in [0.25, 0.3) is 0 Å². The Morgan fingerprint density at radius 3 is 2.61 bits per heavy atom. The second-order valence-electron chi connectivity index (χ2n) is 4.95. The van der Waals surface area contributed by atoms with Crippen molar-refractivity contribution in [3.05, 3.63) is 51.8 Å². The second kappa shape index (κ2) is 7.06. The van der Waals surface area contributed by atoms with Crippen LogP contribution in [0.1, 0.15) is 34.6 Å². The second-order valence-corrected chi connectivity index (χ2v) is 5.31. The summed E-state index contributed by atoms with van der Waals surface area (Å²) in [6, 6.07) is 3.27. The lowest BCUT2D eigenvalue weighted by Crippen LogP contribution is -2.29. The molecule has 0 saturated heterocycles. The van der Waals surface area contributed by atoms with Crippen molar-refractivity contribution < 1.29 is 18.7 Å². The molecule has 0 radical (unpaired) electrons. The van der Waals surface area contributed by atoms with E-state index in [0.29, 0.717) is 12.1 Å². The first-order valence-electron chi connectivity index (χ1n) is 6.98. The molecular formula is C15H16ClF2N3O2. The van der Waals surface area contributed by atoms with Crippen molar-refractivity contribution in [1.29, 1.82) is 0 Å². The number of halogens is 3. The van der Waals surface area contributed by atoms with Gasteiger partial charge in [0.05, 0.1) is 16.8 Å². The Morgan fingerprint density at radius 2 is 2.04 bits per heavy atom. The van der Waals surface area contributed by atoms with Gasteiger partial charge in [-0.2, -0.15) is 5.10 Å². The van der Waals surface area contributed by atoms with E-state index in [9.17, 15) is 18.7 Å². The van der Waals surface area contributed by atoms with Gasteiger partial charge in [0.1, 0.15) is 22.9 Å². The molecule has 124 valence electrons. The van der Waals surface area contributed by atoms with Crippen LogP contribution in [0.5, 0.6) is 0 Å². The SMILES string of the molecule is CCc1nn(C)c(Cl)c1C(=O)NCC(O)c1c(F)cccc1F. The molecule has 1 heterocycles. The molecule has 2 rings (SSSR count). The molecule has 1 unspecified atom stereocenters. The van der Waals surface area contributed by atoms with Gasteiger partial charge in [-0.25, -0.2) is 8.78 Å². The molecule has 1 amide bonds. The predicted octanol–water partition coefficient (Wildman–Crippen LogP) is 2.38. The lowest BCUT2D eigenvalue weighted by atomic mass is 10.1. The van der Waals surface area contributed by atoms with Crippen LogP contribution < -0.4 is 5.32 Å². The summed E-state index contributed by atoms with van der Waals surface area (Å²) in [5, 5.41) is 16.6. The third-order valence-electron chi connectivity index (χ3n) is 3.40. The molecule has 0 fully saturated rings. The summed E-state index contributed by atoms with van der Waals surface area (Å²) < 4.78 is 28.5. The van der Waals surface area contributed by atoms with Crippen molar-refractivity contribution in [1.82, 2.24) is 15.1 Å². The molecule has 0 spiro atoms. The largest absolute Gasteiger partial charge is 0.386 e. The zero-order chi connectivity index (χ0) is 17.1. The molecule has 2 N–H and O–H groups in total. The van der Waals surface area contributed by atoms with Gasteiger partial charge in [0.2, 0.25) is 0 Å². The summed E-state index contributed by atoms with van der Waals surface area (Å²) in [6.45, 7) is 1.46. The van der Waals surface area contributed by atoms with Crippen LogP contribution in [0.4, 0.5) is 8.78 Å². The van der Waals surface area contributed by atoms with Gasteiger partial charge in [0.25, 0.3) is 5.91 Å². The number of aryl methyl sites for hydroxylation is 2. The van der Waals surface area contributed by atoms with Gasteiger partial charge in [0.15, 0.2) is 0 Å². The molecule has 23 heavy (non-hydrogen) atoms. The summed E-state index contributed by atoms with van der Waals surface area (Å²) in [4.78, 5) is 12.2. The average molecular weight is 344 g/mol. The van der Waals surface area contributed by atoms with Crippen LogP contribution in [-0.4, -0.2) is 27.3 Å². The number of hydrogen-bond acceptors (Lipinski definition) is 3. The Hall–Kier alpha value is -1.99. The van der Waals surface area contributed by atoms with E-state index in [-0.39, 0.29) is 17.3 Å². The van der Waals surface area contributed by atoms with Crippen molar-refractivity contribution in [2.75, 3.05) is 6.54 Å². The topological polar surface area (TPSA) is 67.2 Å². The molecule has 0 bridgehead atoms. The highest BCUT2D eigenvalue weighted by Gasteiger charge is 2.23. The first-order chi connectivity index (χ1) is 10.9. The lowest BCUT2D eigenvalue weighted by Gasteiger charge is -2.14. The summed E-state index contributed by atoms with van der Waals surface area (Å²) in [7, 11) is 1.60. The Labute approximate surface area is 136 Å². The van der Waals surface area contributed by atoms with E-state index in [4.69, 9.17) is 11.6 Å². The number of rotatable bonds is 5. The van der Waals surface area contributed by atoms with Gasteiger partial charge in [0, 0.05) is 13.6 Å². The fourth-order valence-corrected chi connectivity index (χ4v) is 2.47. The first kappa shape index (κ1) is 17.4. The van der Waals surface area contributed by atoms with Crippen LogP contribution >= 0.6 is 11.6 Å². The van der Waals surface area contributed by atoms with Crippen molar-refractivity contribution in [3.8, 4) is 0 Å². The molecule has 2 aromatic rings. The molecule has 1 atom stereocenters. The van der Waals surface area contributed by atoms with E-state index in [1.807, 2.05) is 6.92 Å². The minimum Gasteiger partial charge on any atom is -0.386 e. The quantitative estimate of drug-likeness (QED) is 0.876. The zero-order valence-corrected chi connectivity index (χ0v) is 13.4. The highest BCUT2D eigenvalue weighted by molar-refractivity contribution is 6.33. The Kier molecular flexibility index (Phi) is 5.33. The monoisotopic (exact) mass is 343 g/mol. The van der Waals surface area contributed by atoms with E-state index in [1.54, 1.807) is 7.05 Å². The zero-order valence-electron chi connectivity index (χ0n) is 12.6. The molecule has 8 heteroatoms. The van der Waals surface area contributed by atoms with Gasteiger partial charge in [-0.1, -0.05) is 24.6 Å². The van der Waals surface area contributed by atoms with Crippen LogP contribution in [0.3, 0.4) is 0 Å². The maximum Gasteiger partial charge on any atom is 0.256 e. The molecule has 1 aromatic carbocycles. The van der Waals surface area contributed by atoms with Crippen LogP contribution in [0.2, 0.25) is 5.15 Å². The van der Waals surface area contributed by atoms with E-state index in [2.05, 4.69) is 10.4 Å². The third kappa shape index (κ3) is 3.51. The Morgan fingerprint density at radius 1 is 1.43 bits per heavy atom. The molecule has 1 aromatic heterocycles. The minimum absolute atomic E-state index is 0.158. The fraction of sp³-hybridized carbons (Fsp3) is 0.333. The van der Waals surface area contributed by atoms with Gasteiger partial charge in [-0.05, 0) is 18.6 Å². The predicted molar refractivity (Wildman–Crippen MR) is 81.2 cm³/mol. The minimum atomic E-state index is -1.51. The van der Waals surface area contributed by atoms with Crippen LogP contribution in [-0.2, 0) is 13.5 Å². The number of nitrogens with zero attached hydrogens (tertiary/aromatic N) is 2. The summed E-state index contributed by atoms with van der Waals surface area (Å²) in [6.07, 6.45) is -1.02. The molecule has 0 saturated carbocycles. The molecule has 0 aliphatic heterocycles. The number of nitrogens with one attached hydrogen (secondary N) is 1. The maximum absolute atomic E-state index is 13.6. The van der Waals surface area contributed by atoms with Gasteiger partial charge >= 0.3 is 0 Å². The van der Waals surface area contributed by atoms with Gasteiger partial charge in [-0.3, -0.25) is 9.48 Å². The third-order valence-corrected chi connectivity index (χ3v) is 3.83. The number of carbonyl (C=O) groups excluding carboxylic acids is 1. The number of carbonyl (C=O) groups is 1. The molecule has 0 aliphatic rings. The fourth-order valence-electron chi connectivity index (χ4n) is 2.24. The summed E-state index contributed by atoms with van der Waals surface area (Å²) in [5.41, 5.74) is 0.209. The van der Waals surface area contributed by atoms with E-state index in [0.717, 1.165) is 12.1 Å². The molecule has 0 aliphatic carbocycles. The Balaban J connectivity index is 2.13. The summed E-state index contributed by atoms with van der Waals surface area (Å²) >= 11 is 6.03. The number of hydrogen-bond donors (Lipinski definition) is 2. The van der Waals surface area contributed by atoms with Gasteiger partial charge < -0.3 is 10.4 Å². The van der Waals surface area contributed by atoms with Crippen molar-refractivity contribution in [2.24, 2.45) is 7.05 Å². The van der Waals surface area contributed by atoms with Crippen molar-refractivity contribution in [3.63, 3.8) is 0 Å². The normalized spacial score (nSPS) is 12.3. The van der Waals surface area contributed by atoms with Crippen molar-refractivity contribution >= 4 is 17.5 Å². The number of aliphatic hydroxyl groups excluding tert-OH is 1. The highest BCUT2D eigenvalue weighted by Crippen LogP contribution is 2.22. The van der Waals surface area contributed by atoms with E-state index in [1.165, 1.54) is 10.7 Å². The van der Waals surface area contributed by atoms with Crippen LogP contribution in [0, 0.1) is 11.6 Å². The number of benzene rings is 1. The lowest BCUT2D eigenvalue weighted by molar-refractivity contribution is 0.0910. The maximum atomic E-state index is 13.6. The van der Waals surface area contributed by atoms with E-state index >= 15 is 0 Å².